The Morgan fingerprint density at radius 2 is 2.11 bits per heavy atom. The van der Waals surface area contributed by atoms with Gasteiger partial charge in [-0.3, -0.25) is 4.79 Å². The number of rotatable bonds is 3. The van der Waals surface area contributed by atoms with Gasteiger partial charge in [0.25, 0.3) is 0 Å². The molecule has 1 heterocycles. The molecule has 104 valence electrons. The average Bonchev–Trinajstić information content (AvgIpc) is 2.37. The maximum atomic E-state index is 12.3. The van der Waals surface area contributed by atoms with E-state index in [-0.39, 0.29) is 11.5 Å². The first-order chi connectivity index (χ1) is 8.95. The highest BCUT2D eigenvalue weighted by Crippen LogP contribution is 2.28. The van der Waals surface area contributed by atoms with E-state index in [1.54, 1.807) is 12.1 Å². The largest absolute Gasteiger partial charge is 0.495 e. The van der Waals surface area contributed by atoms with Crippen LogP contribution in [0.5, 0.6) is 5.75 Å². The zero-order valence-electron chi connectivity index (χ0n) is 10.6. The minimum Gasteiger partial charge on any atom is -0.495 e. The van der Waals surface area contributed by atoms with Crippen LogP contribution in [0.1, 0.15) is 29.6 Å². The molecule has 1 unspecified atom stereocenters. The Morgan fingerprint density at radius 1 is 1.37 bits per heavy atom. The van der Waals surface area contributed by atoms with Crippen LogP contribution in [0.2, 0.25) is 5.02 Å². The van der Waals surface area contributed by atoms with Crippen molar-refractivity contribution in [3.8, 4) is 5.75 Å². The molecule has 4 nitrogen and oxygen atoms in total. The Morgan fingerprint density at radius 3 is 2.68 bits per heavy atom. The quantitative estimate of drug-likeness (QED) is 0.805. The summed E-state index contributed by atoms with van der Waals surface area (Å²) >= 11 is 5.96. The van der Waals surface area contributed by atoms with E-state index in [1.165, 1.54) is 13.2 Å². The van der Waals surface area contributed by atoms with Crippen LogP contribution in [0.3, 0.4) is 0 Å². The van der Waals surface area contributed by atoms with Gasteiger partial charge >= 0.3 is 0 Å². The second-order valence-electron chi connectivity index (χ2n) is 4.56. The first kappa shape index (κ1) is 14.3. The summed E-state index contributed by atoms with van der Waals surface area (Å²) in [6.45, 7) is 0. The first-order valence-electron chi connectivity index (χ1n) is 6.05. The molecular weight excluding hydrogens is 288 g/mol. The fourth-order valence-electron chi connectivity index (χ4n) is 2.25. The van der Waals surface area contributed by atoms with Crippen molar-refractivity contribution < 1.29 is 17.9 Å². The molecule has 1 aliphatic heterocycles. The Labute approximate surface area is 117 Å². The smallest absolute Gasteiger partial charge is 0.181 e. The summed E-state index contributed by atoms with van der Waals surface area (Å²) in [5.41, 5.74) is 0.321. The topological polar surface area (TPSA) is 60.4 Å². The first-order valence-corrected chi connectivity index (χ1v) is 8.14. The van der Waals surface area contributed by atoms with E-state index < -0.39 is 15.1 Å². The fourth-order valence-corrected chi connectivity index (χ4v) is 4.39. The van der Waals surface area contributed by atoms with Crippen LogP contribution < -0.4 is 4.74 Å². The highest BCUT2D eigenvalue weighted by Gasteiger charge is 2.35. The Bertz CT molecular complexity index is 595. The van der Waals surface area contributed by atoms with Crippen LogP contribution in [-0.2, 0) is 9.84 Å². The molecule has 2 rings (SSSR count). The minimum absolute atomic E-state index is 0.0906. The summed E-state index contributed by atoms with van der Waals surface area (Å²) in [5, 5.41) is -0.618. The number of ether oxygens (including phenoxy) is 1. The second-order valence-corrected chi connectivity index (χ2v) is 7.28. The lowest BCUT2D eigenvalue weighted by Gasteiger charge is -2.21. The molecule has 0 aromatic heterocycles. The molecule has 0 amide bonds. The third kappa shape index (κ3) is 2.92. The molecule has 1 atom stereocenters. The average molecular weight is 303 g/mol. The third-order valence-corrected chi connectivity index (χ3v) is 5.78. The minimum atomic E-state index is -3.32. The van der Waals surface area contributed by atoms with E-state index in [4.69, 9.17) is 16.3 Å². The third-order valence-electron chi connectivity index (χ3n) is 3.31. The van der Waals surface area contributed by atoms with Crippen molar-refractivity contribution in [1.82, 2.24) is 0 Å². The van der Waals surface area contributed by atoms with Gasteiger partial charge in [0.05, 0.1) is 17.9 Å². The second kappa shape index (κ2) is 5.51. The van der Waals surface area contributed by atoms with Crippen molar-refractivity contribution in [2.45, 2.75) is 24.5 Å². The van der Waals surface area contributed by atoms with Gasteiger partial charge in [0.15, 0.2) is 15.6 Å². The van der Waals surface area contributed by atoms with Gasteiger partial charge in [-0.05, 0) is 31.0 Å². The zero-order valence-corrected chi connectivity index (χ0v) is 12.1. The van der Waals surface area contributed by atoms with Crippen molar-refractivity contribution in [1.29, 1.82) is 0 Å². The molecule has 0 spiro atoms. The lowest BCUT2D eigenvalue weighted by Crippen LogP contribution is -2.35. The van der Waals surface area contributed by atoms with E-state index in [0.29, 0.717) is 29.2 Å². The lowest BCUT2D eigenvalue weighted by molar-refractivity contribution is 0.0981. The molecule has 1 saturated heterocycles. The number of carbonyl (C=O) groups is 1. The van der Waals surface area contributed by atoms with Crippen molar-refractivity contribution >= 4 is 27.2 Å². The van der Waals surface area contributed by atoms with Gasteiger partial charge in [-0.1, -0.05) is 18.0 Å². The fraction of sp³-hybridized carbons (Fsp3) is 0.462. The molecule has 1 aromatic rings. The monoisotopic (exact) mass is 302 g/mol. The van der Waals surface area contributed by atoms with E-state index in [2.05, 4.69) is 0 Å². The highest BCUT2D eigenvalue weighted by atomic mass is 35.5. The molecule has 0 N–H and O–H groups in total. The van der Waals surface area contributed by atoms with Crippen LogP contribution in [-0.4, -0.2) is 32.3 Å². The number of hydrogen-bond donors (Lipinski definition) is 0. The Hall–Kier alpha value is -1.07. The molecule has 1 aromatic carbocycles. The number of ketones is 1. The SMILES string of the molecule is COc1ccc(C(=O)C2CCCCS2(=O)=O)cc1Cl. The molecule has 1 aliphatic rings. The van der Waals surface area contributed by atoms with Crippen LogP contribution >= 0.6 is 11.6 Å². The Kier molecular flexibility index (Phi) is 4.16. The predicted octanol–water partition coefficient (Wildman–Crippen LogP) is 2.50. The van der Waals surface area contributed by atoms with Gasteiger partial charge in [-0.25, -0.2) is 8.42 Å². The molecule has 0 saturated carbocycles. The zero-order chi connectivity index (χ0) is 14.0. The maximum absolute atomic E-state index is 12.3. The standard InChI is InChI=1S/C13H15ClO4S/c1-18-11-6-5-9(8-10(11)14)13(15)12-4-2-3-7-19(12,16)17/h5-6,8,12H,2-4,7H2,1H3. The van der Waals surface area contributed by atoms with Gasteiger partial charge in [0.1, 0.15) is 11.0 Å². The summed E-state index contributed by atoms with van der Waals surface area (Å²) < 4.78 is 28.9. The van der Waals surface area contributed by atoms with Gasteiger partial charge in [-0.15, -0.1) is 0 Å². The summed E-state index contributed by atoms with van der Waals surface area (Å²) in [4.78, 5) is 12.3. The molecular formula is C13H15ClO4S. The van der Waals surface area contributed by atoms with Gasteiger partial charge < -0.3 is 4.74 Å². The summed E-state index contributed by atoms with van der Waals surface area (Å²) in [6, 6.07) is 4.59. The van der Waals surface area contributed by atoms with Crippen molar-refractivity contribution in [2.75, 3.05) is 12.9 Å². The Balaban J connectivity index is 2.31. The van der Waals surface area contributed by atoms with Crippen molar-refractivity contribution in [2.24, 2.45) is 0 Å². The van der Waals surface area contributed by atoms with Crippen LogP contribution in [0.4, 0.5) is 0 Å². The van der Waals surface area contributed by atoms with Gasteiger partial charge in [0.2, 0.25) is 0 Å². The van der Waals surface area contributed by atoms with Gasteiger partial charge in [-0.2, -0.15) is 0 Å². The summed E-state index contributed by atoms with van der Waals surface area (Å²) in [5.74, 6) is 0.182. The van der Waals surface area contributed by atoms with Crippen LogP contribution in [0.25, 0.3) is 0 Å². The number of sulfone groups is 1. The lowest BCUT2D eigenvalue weighted by atomic mass is 10.0. The van der Waals surface area contributed by atoms with Crippen LogP contribution in [0, 0.1) is 0 Å². The van der Waals surface area contributed by atoms with Crippen LogP contribution in [0.15, 0.2) is 18.2 Å². The highest BCUT2D eigenvalue weighted by molar-refractivity contribution is 7.92. The maximum Gasteiger partial charge on any atom is 0.181 e. The molecule has 0 aliphatic carbocycles. The van der Waals surface area contributed by atoms with E-state index in [1.807, 2.05) is 0 Å². The molecule has 0 radical (unpaired) electrons. The number of hydrogen-bond acceptors (Lipinski definition) is 4. The van der Waals surface area contributed by atoms with E-state index >= 15 is 0 Å². The number of Topliss-reactive ketones (excluding diaryl/α,β-unsaturated/α-hetero) is 1. The number of halogens is 1. The van der Waals surface area contributed by atoms with E-state index in [9.17, 15) is 13.2 Å². The molecule has 0 bridgehead atoms. The summed E-state index contributed by atoms with van der Waals surface area (Å²) in [6.07, 6.45) is 1.79. The number of carbonyl (C=O) groups excluding carboxylic acids is 1. The summed E-state index contributed by atoms with van der Waals surface area (Å²) in [7, 11) is -1.84. The van der Waals surface area contributed by atoms with Gasteiger partial charge in [0, 0.05) is 5.56 Å². The number of benzene rings is 1. The van der Waals surface area contributed by atoms with Crippen molar-refractivity contribution in [3.63, 3.8) is 0 Å². The molecule has 6 heteroatoms. The molecule has 19 heavy (non-hydrogen) atoms. The van der Waals surface area contributed by atoms with E-state index in [0.717, 1.165) is 6.42 Å². The predicted molar refractivity (Wildman–Crippen MR) is 73.8 cm³/mol. The molecule has 1 fully saturated rings. The number of methoxy groups -OCH3 is 1. The normalized spacial score (nSPS) is 21.9. The van der Waals surface area contributed by atoms with Crippen molar-refractivity contribution in [3.05, 3.63) is 28.8 Å².